The molecule has 0 saturated heterocycles. The Balaban J connectivity index is 2.75. The smallest absolute Gasteiger partial charge is 0.0779 e. The first-order chi connectivity index (χ1) is 2.81. The lowest BCUT2D eigenvalue weighted by Crippen LogP contribution is -3.64. The third-order valence-corrected chi connectivity index (χ3v) is 0.232. The first-order valence-corrected chi connectivity index (χ1v) is 1.25. The zero-order valence-electron chi connectivity index (χ0n) is 2.88. The quantitative estimate of drug-likeness (QED) is 0.237. The predicted molar refractivity (Wildman–Crippen MR) is 14.9 cm³/mol. The van der Waals surface area contributed by atoms with Crippen molar-refractivity contribution in [2.75, 3.05) is 0 Å². The van der Waals surface area contributed by atoms with Crippen LogP contribution in [0.5, 0.6) is 0 Å². The van der Waals surface area contributed by atoms with Crippen LogP contribution in [0.1, 0.15) is 0 Å². The molecule has 0 heterocycles. The number of nitrogens with two attached hydrogens (primary N) is 2. The van der Waals surface area contributed by atoms with Crippen LogP contribution in [-0.4, -0.2) is 0 Å². The van der Waals surface area contributed by atoms with Crippen LogP contribution >= 0.6 is 0 Å². The maximum absolute atomic E-state index is 9.44. The highest BCUT2D eigenvalue weighted by Crippen LogP contribution is 0.792. The Kier molecular flexibility index (Phi) is 2.85. The summed E-state index contributed by atoms with van der Waals surface area (Å²) in [6.45, 7) is 0. The van der Waals surface area contributed by atoms with Gasteiger partial charge in [0.2, 0.25) is 0 Å². The van der Waals surface area contributed by atoms with E-state index in [9.17, 15) is 5.21 Å². The fraction of sp³-hybridized carbons (Fsp3) is 0. The molecule has 0 rings (SSSR count). The number of rotatable bonds is 2. The van der Waals surface area contributed by atoms with E-state index in [1.165, 1.54) is 0 Å². The number of hydrogen-bond acceptors (Lipinski definition) is 3. The summed E-state index contributed by atoms with van der Waals surface area (Å²) in [6, 6.07) is 0. The highest BCUT2D eigenvalue weighted by molar-refractivity contribution is 3.79. The van der Waals surface area contributed by atoms with Crippen molar-refractivity contribution in [2.45, 2.75) is 0 Å². The highest BCUT2D eigenvalue weighted by atomic mass is 16.8. The van der Waals surface area contributed by atoms with Gasteiger partial charge in [-0.25, -0.2) is 0 Å². The Morgan fingerprint density at radius 1 is 1.17 bits per heavy atom. The second-order valence-electron chi connectivity index (χ2n) is 0.638. The molecule has 0 fully saturated rings. The van der Waals surface area contributed by atoms with E-state index in [1.807, 2.05) is 0 Å². The summed E-state index contributed by atoms with van der Waals surface area (Å²) >= 11 is 0. The van der Waals surface area contributed by atoms with Crippen LogP contribution in [0, 0.1) is 15.6 Å². The van der Waals surface area contributed by atoms with Crippen LogP contribution in [0.4, 0.5) is 0 Å². The molecule has 0 atom stereocenters. The van der Waals surface area contributed by atoms with Crippen LogP contribution in [-0.2, 0) is 0 Å². The van der Waals surface area contributed by atoms with Crippen LogP contribution in [0.25, 0.3) is 0 Å². The Bertz CT molecular complexity index is 25.2. The average Bonchev–Trinajstić information content (AvgIpc) is 1.65. The van der Waals surface area contributed by atoms with Gasteiger partial charge < -0.3 is 15.6 Å². The average molecular weight is 95.1 g/mol. The Morgan fingerprint density at radius 2 is 1.50 bits per heavy atom. The van der Waals surface area contributed by atoms with E-state index in [0.29, 0.717) is 0 Å². The summed E-state index contributed by atoms with van der Waals surface area (Å²) in [5.74, 6) is 0. The van der Waals surface area contributed by atoms with Crippen molar-refractivity contribution in [3.05, 3.63) is 15.6 Å². The van der Waals surface area contributed by atoms with Gasteiger partial charge in [-0.05, 0) is 0 Å². The van der Waals surface area contributed by atoms with Crippen molar-refractivity contribution in [2.24, 2.45) is 0 Å². The second-order valence-corrected chi connectivity index (χ2v) is 0.638. The molecule has 6 nitrogen and oxygen atoms in total. The van der Waals surface area contributed by atoms with Gasteiger partial charge in [0.15, 0.2) is 0 Å². The summed E-state index contributed by atoms with van der Waals surface area (Å²) in [4.78, 5) is 0. The molecule has 0 spiro atoms. The molecule has 6 heavy (non-hydrogen) atoms. The molecule has 6 heteroatoms. The summed E-state index contributed by atoms with van der Waals surface area (Å²) < 4.78 is 0. The van der Waals surface area contributed by atoms with Gasteiger partial charge >= 0.3 is 0 Å². The van der Waals surface area contributed by atoms with Gasteiger partial charge in [0, 0.05) is 0 Å². The summed E-state index contributed by atoms with van der Waals surface area (Å²) in [5.41, 5.74) is -0.0694. The lowest BCUT2D eigenvalue weighted by Gasteiger charge is -2.16. The first-order valence-electron chi connectivity index (χ1n) is 1.25. The van der Waals surface area contributed by atoms with Crippen molar-refractivity contribution in [3.63, 3.8) is 0 Å². The second kappa shape index (κ2) is 2.97. The Morgan fingerprint density at radius 3 is 1.50 bits per heavy atom. The van der Waals surface area contributed by atoms with Crippen molar-refractivity contribution < 1.29 is 16.5 Å². The molecule has 0 radical (unpaired) electrons. The van der Waals surface area contributed by atoms with E-state index in [4.69, 9.17) is 10.4 Å². The first kappa shape index (κ1) is 5.76. The van der Waals surface area contributed by atoms with Crippen molar-refractivity contribution in [3.8, 4) is 0 Å². The fourth-order valence-electron chi connectivity index (χ4n) is 0.0278. The largest absolute Gasteiger partial charge is 0.581 e. The maximum atomic E-state index is 9.44. The zero-order chi connectivity index (χ0) is 4.99. The summed E-state index contributed by atoms with van der Waals surface area (Å²) in [6.07, 6.45) is 0. The third-order valence-electron chi connectivity index (χ3n) is 0.232. The topological polar surface area (TPSA) is 107 Å². The molecule has 0 aromatic heterocycles. The van der Waals surface area contributed by atoms with Crippen LogP contribution in [0.2, 0.25) is 0 Å². The molecule has 0 aliphatic rings. The molecular formula is H5N3O3. The van der Waals surface area contributed by atoms with E-state index in [2.05, 4.69) is 0 Å². The van der Waals surface area contributed by atoms with E-state index in [-0.39, 0.29) is 11.2 Å². The molecule has 0 amide bonds. The monoisotopic (exact) mass is 95.0 g/mol. The van der Waals surface area contributed by atoms with E-state index in [1.54, 1.807) is 0 Å². The minimum Gasteiger partial charge on any atom is -0.581 e. The molecule has 38 valence electrons. The lowest BCUT2D eigenvalue weighted by atomic mass is 12.3. The molecule has 0 aliphatic carbocycles. The van der Waals surface area contributed by atoms with Gasteiger partial charge in [-0.2, -0.15) is 11.2 Å². The molecule has 0 saturated carbocycles. The van der Waals surface area contributed by atoms with Crippen LogP contribution < -0.4 is 16.5 Å². The van der Waals surface area contributed by atoms with Gasteiger partial charge in [-0.3, -0.25) is 0 Å². The molecule has 0 aromatic rings. The number of quaternary nitrogens is 3. The summed E-state index contributed by atoms with van der Waals surface area (Å²) in [5, 5.41) is 26.7. The van der Waals surface area contributed by atoms with E-state index < -0.39 is 5.28 Å². The van der Waals surface area contributed by atoms with Crippen molar-refractivity contribution in [1.82, 2.24) is 0 Å². The van der Waals surface area contributed by atoms with Gasteiger partial charge in [-0.15, -0.1) is 0 Å². The normalized spacial score (nSPS) is 10.0. The van der Waals surface area contributed by atoms with Gasteiger partial charge in [-0.1, -0.05) is 5.28 Å². The fourth-order valence-corrected chi connectivity index (χ4v) is 0.0278. The molecule has 0 aromatic carbocycles. The highest BCUT2D eigenvalue weighted by Gasteiger charge is 1.73. The van der Waals surface area contributed by atoms with Gasteiger partial charge in [0.1, 0.15) is 0 Å². The molecule has 0 aliphatic heterocycles. The molecule has 0 bridgehead atoms. The molecule has 5 N–H and O–H groups in total. The predicted octanol–water partition coefficient (Wildman–Crippen LogP) is -4.68. The lowest BCUT2D eigenvalue weighted by molar-refractivity contribution is -1.61. The minimum atomic E-state index is -1.02. The van der Waals surface area contributed by atoms with Gasteiger partial charge in [0.25, 0.3) is 0 Å². The molecule has 0 unspecified atom stereocenters. The van der Waals surface area contributed by atoms with Crippen LogP contribution in [0.3, 0.4) is 0 Å². The molecular weight excluding hydrogens is 90.0 g/mol. The van der Waals surface area contributed by atoms with Crippen molar-refractivity contribution >= 4 is 0 Å². The number of nitrogens with one attached hydrogen (secondary N) is 1. The zero-order valence-corrected chi connectivity index (χ0v) is 2.88. The van der Waals surface area contributed by atoms with E-state index in [0.717, 1.165) is 0 Å². The number of hydrogen-bond donors (Lipinski definition) is 3. The SMILES string of the molecule is [O-][NH2+][NH+]([O-])[NH2+][O-]. The Labute approximate surface area is 33.4 Å². The van der Waals surface area contributed by atoms with Gasteiger partial charge in [0.05, 0.1) is 0 Å². The Hall–Kier alpha value is -0.240. The third kappa shape index (κ3) is 2.03. The maximum Gasteiger partial charge on any atom is -0.0779 e. The van der Waals surface area contributed by atoms with Crippen LogP contribution in [0.15, 0.2) is 0 Å². The minimum absolute atomic E-state index is 0.0347. The van der Waals surface area contributed by atoms with Crippen molar-refractivity contribution in [1.29, 1.82) is 0 Å². The van der Waals surface area contributed by atoms with E-state index >= 15 is 0 Å². The summed E-state index contributed by atoms with van der Waals surface area (Å²) in [7, 11) is 0. The standard InChI is InChI=1S/H5N3O3/c4-1-3(6)2-5/h3H,1-2H2.